The molecule has 0 unspecified atom stereocenters. The number of rotatable bonds is 12. The summed E-state index contributed by atoms with van der Waals surface area (Å²) in [6, 6.07) is 0. The molecule has 0 rings (SSSR count). The quantitative estimate of drug-likeness (QED) is 0.472. The molecule has 0 aromatic carbocycles. The average molecular weight is 218 g/mol. The van der Waals surface area contributed by atoms with Crippen LogP contribution in [0.25, 0.3) is 0 Å². The molecule has 2 N–H and O–H groups in total. The van der Waals surface area contributed by atoms with Gasteiger partial charge in [-0.2, -0.15) is 0 Å². The minimum absolute atomic E-state index is 0.681. The second kappa shape index (κ2) is 13.8. The first-order chi connectivity index (χ1) is 7.41. The molecule has 0 aliphatic heterocycles. The summed E-state index contributed by atoms with van der Waals surface area (Å²) in [5.74, 6) is 0. The zero-order chi connectivity index (χ0) is 11.2. The molecule has 0 bridgehead atoms. The maximum absolute atomic E-state index is 5.32. The molecule has 0 aliphatic carbocycles. The van der Waals surface area contributed by atoms with Gasteiger partial charge in [-0.3, -0.25) is 0 Å². The third-order valence-electron chi connectivity index (χ3n) is 1.99. The maximum Gasteiger partial charge on any atom is 0.0700 e. The summed E-state index contributed by atoms with van der Waals surface area (Å²) >= 11 is 0. The molecular formula is C11H26N2O2. The molecule has 0 atom stereocenters. The summed E-state index contributed by atoms with van der Waals surface area (Å²) in [5.41, 5.74) is 0. The van der Waals surface area contributed by atoms with Crippen molar-refractivity contribution in [2.75, 3.05) is 53.1 Å². The van der Waals surface area contributed by atoms with Gasteiger partial charge in [0, 0.05) is 13.7 Å². The van der Waals surface area contributed by atoms with Gasteiger partial charge < -0.3 is 20.1 Å². The molecule has 0 aromatic rings. The Morgan fingerprint density at radius 1 is 0.867 bits per heavy atom. The van der Waals surface area contributed by atoms with E-state index in [-0.39, 0.29) is 0 Å². The first-order valence-electron chi connectivity index (χ1n) is 5.90. The van der Waals surface area contributed by atoms with Crippen LogP contribution in [0.2, 0.25) is 0 Å². The van der Waals surface area contributed by atoms with Gasteiger partial charge in [0.15, 0.2) is 0 Å². The first-order valence-corrected chi connectivity index (χ1v) is 5.90. The number of ether oxygens (including phenoxy) is 2. The number of hydrogen-bond acceptors (Lipinski definition) is 4. The van der Waals surface area contributed by atoms with E-state index in [2.05, 4.69) is 17.6 Å². The van der Waals surface area contributed by atoms with E-state index in [9.17, 15) is 0 Å². The standard InChI is InChI=1S/C11H26N2O2/c1-3-5-12-6-4-7-13-8-9-15-11-10-14-2/h12-13H,3-11H2,1-2H3. The largest absolute Gasteiger partial charge is 0.382 e. The Morgan fingerprint density at radius 3 is 2.27 bits per heavy atom. The monoisotopic (exact) mass is 218 g/mol. The molecule has 0 heterocycles. The highest BCUT2D eigenvalue weighted by Crippen LogP contribution is 1.77. The molecule has 4 heteroatoms. The summed E-state index contributed by atoms with van der Waals surface area (Å²) < 4.78 is 10.2. The van der Waals surface area contributed by atoms with Gasteiger partial charge >= 0.3 is 0 Å². The zero-order valence-electron chi connectivity index (χ0n) is 10.2. The number of hydrogen-bond donors (Lipinski definition) is 2. The van der Waals surface area contributed by atoms with Crippen molar-refractivity contribution in [3.63, 3.8) is 0 Å². The van der Waals surface area contributed by atoms with Gasteiger partial charge in [-0.05, 0) is 32.5 Å². The van der Waals surface area contributed by atoms with E-state index in [0.29, 0.717) is 13.2 Å². The first kappa shape index (κ1) is 14.8. The summed E-state index contributed by atoms with van der Waals surface area (Å²) in [6.07, 6.45) is 2.39. The second-order valence-corrected chi connectivity index (χ2v) is 3.46. The van der Waals surface area contributed by atoms with Crippen LogP contribution < -0.4 is 10.6 Å². The smallest absolute Gasteiger partial charge is 0.0700 e. The number of methoxy groups -OCH3 is 1. The number of nitrogens with one attached hydrogen (secondary N) is 2. The Hall–Kier alpha value is -0.160. The second-order valence-electron chi connectivity index (χ2n) is 3.46. The van der Waals surface area contributed by atoms with E-state index in [1.807, 2.05) is 0 Å². The molecule has 0 aliphatic rings. The Labute approximate surface area is 93.7 Å². The normalized spacial score (nSPS) is 10.8. The van der Waals surface area contributed by atoms with Crippen LogP contribution in [0.4, 0.5) is 0 Å². The highest BCUT2D eigenvalue weighted by Gasteiger charge is 1.89. The van der Waals surface area contributed by atoms with Gasteiger partial charge in [-0.15, -0.1) is 0 Å². The summed E-state index contributed by atoms with van der Waals surface area (Å²) in [4.78, 5) is 0. The van der Waals surface area contributed by atoms with E-state index in [0.717, 1.165) is 32.8 Å². The molecule has 0 radical (unpaired) electrons. The van der Waals surface area contributed by atoms with E-state index in [1.54, 1.807) is 7.11 Å². The highest BCUT2D eigenvalue weighted by atomic mass is 16.5. The molecule has 0 fully saturated rings. The Bertz CT molecular complexity index is 101. The Balaban J connectivity index is 2.81. The van der Waals surface area contributed by atoms with Crippen LogP contribution in [-0.4, -0.2) is 53.1 Å². The Kier molecular flexibility index (Phi) is 13.7. The predicted octanol–water partition coefficient (Wildman–Crippen LogP) is 0.629. The molecule has 0 saturated heterocycles. The molecule has 92 valence electrons. The van der Waals surface area contributed by atoms with E-state index in [4.69, 9.17) is 9.47 Å². The van der Waals surface area contributed by atoms with Gasteiger partial charge in [0.1, 0.15) is 0 Å². The summed E-state index contributed by atoms with van der Waals surface area (Å²) in [6.45, 7) is 8.54. The third-order valence-corrected chi connectivity index (χ3v) is 1.99. The molecule has 4 nitrogen and oxygen atoms in total. The van der Waals surface area contributed by atoms with Crippen molar-refractivity contribution in [3.05, 3.63) is 0 Å². The van der Waals surface area contributed by atoms with Crippen molar-refractivity contribution in [3.8, 4) is 0 Å². The van der Waals surface area contributed by atoms with Crippen molar-refractivity contribution in [2.45, 2.75) is 19.8 Å². The lowest BCUT2D eigenvalue weighted by Gasteiger charge is -2.06. The molecule has 0 aromatic heterocycles. The van der Waals surface area contributed by atoms with Crippen LogP contribution in [0.3, 0.4) is 0 Å². The predicted molar refractivity (Wildman–Crippen MR) is 63.3 cm³/mol. The SMILES string of the molecule is CCCNCCCNCCOCCOC. The van der Waals surface area contributed by atoms with Gasteiger partial charge in [0.05, 0.1) is 19.8 Å². The average Bonchev–Trinajstić information content (AvgIpc) is 2.26. The molecule has 15 heavy (non-hydrogen) atoms. The lowest BCUT2D eigenvalue weighted by molar-refractivity contribution is 0.0720. The van der Waals surface area contributed by atoms with Gasteiger partial charge in [-0.1, -0.05) is 6.92 Å². The zero-order valence-corrected chi connectivity index (χ0v) is 10.2. The fourth-order valence-electron chi connectivity index (χ4n) is 1.15. The maximum atomic E-state index is 5.32. The fraction of sp³-hybridized carbons (Fsp3) is 1.00. The minimum atomic E-state index is 0.681. The fourth-order valence-corrected chi connectivity index (χ4v) is 1.15. The van der Waals surface area contributed by atoms with Crippen molar-refractivity contribution < 1.29 is 9.47 Å². The van der Waals surface area contributed by atoms with Crippen LogP contribution in [0.5, 0.6) is 0 Å². The lowest BCUT2D eigenvalue weighted by Crippen LogP contribution is -2.25. The highest BCUT2D eigenvalue weighted by molar-refractivity contribution is 4.50. The van der Waals surface area contributed by atoms with E-state index < -0.39 is 0 Å². The topological polar surface area (TPSA) is 42.5 Å². The van der Waals surface area contributed by atoms with Crippen molar-refractivity contribution >= 4 is 0 Å². The summed E-state index contributed by atoms with van der Waals surface area (Å²) in [7, 11) is 1.69. The van der Waals surface area contributed by atoms with E-state index in [1.165, 1.54) is 12.8 Å². The Morgan fingerprint density at radius 2 is 1.60 bits per heavy atom. The summed E-state index contributed by atoms with van der Waals surface area (Å²) in [5, 5.41) is 6.70. The van der Waals surface area contributed by atoms with Crippen LogP contribution in [0, 0.1) is 0 Å². The molecule has 0 saturated carbocycles. The third kappa shape index (κ3) is 13.8. The van der Waals surface area contributed by atoms with Gasteiger partial charge in [0.25, 0.3) is 0 Å². The van der Waals surface area contributed by atoms with Crippen molar-refractivity contribution in [1.82, 2.24) is 10.6 Å². The van der Waals surface area contributed by atoms with Crippen LogP contribution >= 0.6 is 0 Å². The lowest BCUT2D eigenvalue weighted by atomic mass is 10.4. The van der Waals surface area contributed by atoms with Crippen LogP contribution in [0.15, 0.2) is 0 Å². The molecule has 0 amide bonds. The minimum Gasteiger partial charge on any atom is -0.382 e. The molecular weight excluding hydrogens is 192 g/mol. The van der Waals surface area contributed by atoms with Crippen molar-refractivity contribution in [2.24, 2.45) is 0 Å². The van der Waals surface area contributed by atoms with Gasteiger partial charge in [0.2, 0.25) is 0 Å². The van der Waals surface area contributed by atoms with Crippen LogP contribution in [0.1, 0.15) is 19.8 Å². The van der Waals surface area contributed by atoms with Gasteiger partial charge in [-0.25, -0.2) is 0 Å². The van der Waals surface area contributed by atoms with E-state index >= 15 is 0 Å². The molecule has 0 spiro atoms. The van der Waals surface area contributed by atoms with Crippen molar-refractivity contribution in [1.29, 1.82) is 0 Å². The van der Waals surface area contributed by atoms with Crippen LogP contribution in [-0.2, 0) is 9.47 Å².